The summed E-state index contributed by atoms with van der Waals surface area (Å²) in [6.45, 7) is 2.13. The molecule has 1 fully saturated rings. The zero-order valence-corrected chi connectivity index (χ0v) is 6.42. The van der Waals surface area contributed by atoms with Crippen molar-refractivity contribution in [3.8, 4) is 0 Å². The van der Waals surface area contributed by atoms with Gasteiger partial charge in [0.15, 0.2) is 0 Å². The number of aromatic nitrogens is 2. The Hall–Kier alpha value is -1.12. The van der Waals surface area contributed by atoms with Crippen LogP contribution in [0.15, 0.2) is 17.2 Å². The van der Waals surface area contributed by atoms with E-state index in [0.717, 1.165) is 18.5 Å². The van der Waals surface area contributed by atoms with E-state index in [1.807, 2.05) is 0 Å². The number of hydrogen-bond donors (Lipinski definition) is 1. The number of hydrogen-bond acceptors (Lipinski definition) is 2. The smallest absolute Gasteiger partial charge is 0.250 e. The molecule has 0 radical (unpaired) electrons. The summed E-state index contributed by atoms with van der Waals surface area (Å²) < 4.78 is 0. The SMILES string of the molecule is CC1(c2cc(=O)[nH]cn2)CC1. The van der Waals surface area contributed by atoms with Crippen molar-refractivity contribution in [2.24, 2.45) is 0 Å². The Labute approximate surface area is 64.5 Å². The fourth-order valence-corrected chi connectivity index (χ4v) is 1.14. The van der Waals surface area contributed by atoms with Crippen molar-refractivity contribution in [3.63, 3.8) is 0 Å². The Morgan fingerprint density at radius 1 is 1.64 bits per heavy atom. The highest BCUT2D eigenvalue weighted by Crippen LogP contribution is 2.45. The van der Waals surface area contributed by atoms with Gasteiger partial charge in [0.2, 0.25) is 0 Å². The number of H-pyrrole nitrogens is 1. The third-order valence-corrected chi connectivity index (χ3v) is 2.30. The van der Waals surface area contributed by atoms with Crippen LogP contribution >= 0.6 is 0 Å². The first-order valence-corrected chi connectivity index (χ1v) is 3.76. The van der Waals surface area contributed by atoms with E-state index in [2.05, 4.69) is 16.9 Å². The van der Waals surface area contributed by atoms with E-state index in [1.54, 1.807) is 6.07 Å². The van der Waals surface area contributed by atoms with Gasteiger partial charge >= 0.3 is 0 Å². The average Bonchev–Trinajstić information content (AvgIpc) is 2.70. The lowest BCUT2D eigenvalue weighted by molar-refractivity contribution is 0.740. The van der Waals surface area contributed by atoms with Crippen LogP contribution in [-0.2, 0) is 5.41 Å². The van der Waals surface area contributed by atoms with E-state index in [1.165, 1.54) is 6.33 Å². The molecule has 0 aliphatic heterocycles. The lowest BCUT2D eigenvalue weighted by Crippen LogP contribution is -2.11. The van der Waals surface area contributed by atoms with Crippen molar-refractivity contribution in [1.29, 1.82) is 0 Å². The molecule has 1 aromatic heterocycles. The molecule has 3 nitrogen and oxygen atoms in total. The molecule has 0 atom stereocenters. The normalized spacial score (nSPS) is 19.7. The number of rotatable bonds is 1. The fourth-order valence-electron chi connectivity index (χ4n) is 1.14. The molecule has 2 rings (SSSR count). The van der Waals surface area contributed by atoms with Gasteiger partial charge in [-0.3, -0.25) is 4.79 Å². The molecule has 0 saturated heterocycles. The van der Waals surface area contributed by atoms with Gasteiger partial charge in [0.1, 0.15) is 0 Å². The topological polar surface area (TPSA) is 45.8 Å². The van der Waals surface area contributed by atoms with Crippen molar-refractivity contribution in [1.82, 2.24) is 9.97 Å². The average molecular weight is 150 g/mol. The maximum absolute atomic E-state index is 10.9. The second-order valence-corrected chi connectivity index (χ2v) is 3.36. The standard InChI is InChI=1S/C8H10N2O/c1-8(2-3-8)6-4-7(11)10-5-9-6/h4-5H,2-3H2,1H3,(H,9,10,11). The molecule has 1 aliphatic carbocycles. The van der Waals surface area contributed by atoms with Gasteiger partial charge in [-0.2, -0.15) is 0 Å². The van der Waals surface area contributed by atoms with Crippen molar-refractivity contribution >= 4 is 0 Å². The maximum Gasteiger partial charge on any atom is 0.250 e. The highest BCUT2D eigenvalue weighted by atomic mass is 16.1. The summed E-state index contributed by atoms with van der Waals surface area (Å²) in [5, 5.41) is 0. The molecular formula is C8H10N2O. The minimum Gasteiger partial charge on any atom is -0.313 e. The lowest BCUT2D eigenvalue weighted by atomic mass is 10.1. The second-order valence-electron chi connectivity index (χ2n) is 3.36. The molecule has 0 aromatic carbocycles. The molecule has 0 unspecified atom stereocenters. The van der Waals surface area contributed by atoms with Gasteiger partial charge in [-0.05, 0) is 12.8 Å². The van der Waals surface area contributed by atoms with Gasteiger partial charge in [0.25, 0.3) is 5.56 Å². The highest BCUT2D eigenvalue weighted by molar-refractivity contribution is 5.20. The molecule has 0 spiro atoms. The molecule has 0 amide bonds. The van der Waals surface area contributed by atoms with Gasteiger partial charge < -0.3 is 4.98 Å². The van der Waals surface area contributed by atoms with Gasteiger partial charge in [-0.1, -0.05) is 6.92 Å². The highest BCUT2D eigenvalue weighted by Gasteiger charge is 2.40. The first-order valence-electron chi connectivity index (χ1n) is 3.76. The van der Waals surface area contributed by atoms with Crippen LogP contribution in [0.1, 0.15) is 25.5 Å². The van der Waals surface area contributed by atoms with Crippen LogP contribution in [-0.4, -0.2) is 9.97 Å². The van der Waals surface area contributed by atoms with Gasteiger partial charge in [0.05, 0.1) is 12.0 Å². The zero-order valence-electron chi connectivity index (χ0n) is 6.42. The van der Waals surface area contributed by atoms with Crippen LogP contribution in [0.5, 0.6) is 0 Å². The lowest BCUT2D eigenvalue weighted by Gasteiger charge is -2.04. The third kappa shape index (κ3) is 1.06. The van der Waals surface area contributed by atoms with Crippen LogP contribution < -0.4 is 5.56 Å². The van der Waals surface area contributed by atoms with E-state index < -0.39 is 0 Å². The Morgan fingerprint density at radius 3 is 2.91 bits per heavy atom. The van der Waals surface area contributed by atoms with Crippen molar-refractivity contribution in [2.75, 3.05) is 0 Å². The van der Waals surface area contributed by atoms with Crippen molar-refractivity contribution in [3.05, 3.63) is 28.4 Å². The van der Waals surface area contributed by atoms with Crippen LogP contribution in [0.2, 0.25) is 0 Å². The third-order valence-electron chi connectivity index (χ3n) is 2.30. The van der Waals surface area contributed by atoms with Gasteiger partial charge in [0, 0.05) is 11.5 Å². The van der Waals surface area contributed by atoms with Gasteiger partial charge in [-0.25, -0.2) is 4.98 Å². The molecule has 1 aromatic rings. The van der Waals surface area contributed by atoms with Crippen LogP contribution in [0, 0.1) is 0 Å². The summed E-state index contributed by atoms with van der Waals surface area (Å²) >= 11 is 0. The molecule has 0 bridgehead atoms. The summed E-state index contributed by atoms with van der Waals surface area (Å²) in [6.07, 6.45) is 3.79. The minimum absolute atomic E-state index is 0.0527. The van der Waals surface area contributed by atoms with Crippen LogP contribution in [0.25, 0.3) is 0 Å². The largest absolute Gasteiger partial charge is 0.313 e. The van der Waals surface area contributed by atoms with E-state index >= 15 is 0 Å². The molecule has 1 aliphatic rings. The van der Waals surface area contributed by atoms with E-state index in [-0.39, 0.29) is 11.0 Å². The Bertz CT molecular complexity index is 325. The molecule has 3 heteroatoms. The predicted molar refractivity (Wildman–Crippen MR) is 41.4 cm³/mol. The monoisotopic (exact) mass is 150 g/mol. The molecule has 58 valence electrons. The summed E-state index contributed by atoms with van der Waals surface area (Å²) in [4.78, 5) is 17.5. The predicted octanol–water partition coefficient (Wildman–Crippen LogP) is 0.821. The summed E-state index contributed by atoms with van der Waals surface area (Å²) in [5.74, 6) is 0. The summed E-state index contributed by atoms with van der Waals surface area (Å²) in [7, 11) is 0. The molecule has 1 heterocycles. The number of nitrogens with zero attached hydrogens (tertiary/aromatic N) is 1. The fraction of sp³-hybridized carbons (Fsp3) is 0.500. The Balaban J connectivity index is 2.46. The van der Waals surface area contributed by atoms with Crippen molar-refractivity contribution in [2.45, 2.75) is 25.2 Å². The number of nitrogens with one attached hydrogen (secondary N) is 1. The second kappa shape index (κ2) is 1.94. The summed E-state index contributed by atoms with van der Waals surface area (Å²) in [5.41, 5.74) is 1.08. The van der Waals surface area contributed by atoms with E-state index in [0.29, 0.717) is 0 Å². The van der Waals surface area contributed by atoms with Crippen molar-refractivity contribution < 1.29 is 0 Å². The number of aromatic amines is 1. The summed E-state index contributed by atoms with van der Waals surface area (Å²) in [6, 6.07) is 1.59. The van der Waals surface area contributed by atoms with E-state index in [4.69, 9.17) is 0 Å². The Kier molecular flexibility index (Phi) is 1.16. The quantitative estimate of drug-likeness (QED) is 0.644. The first kappa shape index (κ1) is 6.58. The molecule has 1 N–H and O–H groups in total. The molecule has 11 heavy (non-hydrogen) atoms. The van der Waals surface area contributed by atoms with Crippen LogP contribution in [0.4, 0.5) is 0 Å². The molecule has 1 saturated carbocycles. The maximum atomic E-state index is 10.9. The first-order chi connectivity index (χ1) is 5.21. The minimum atomic E-state index is -0.0527. The van der Waals surface area contributed by atoms with Crippen LogP contribution in [0.3, 0.4) is 0 Å². The molecular weight excluding hydrogens is 140 g/mol. The zero-order chi connectivity index (χ0) is 7.90. The Morgan fingerprint density at radius 2 is 2.36 bits per heavy atom. The van der Waals surface area contributed by atoms with E-state index in [9.17, 15) is 4.79 Å². The van der Waals surface area contributed by atoms with Gasteiger partial charge in [-0.15, -0.1) is 0 Å².